The molecule has 1 aliphatic rings. The van der Waals surface area contributed by atoms with E-state index in [1.54, 1.807) is 11.0 Å². The molecule has 3 aromatic rings. The molecular formula is C24H23F2N5O2S. The Labute approximate surface area is 199 Å². The number of allylic oxidation sites excluding steroid dienone is 1. The second kappa shape index (κ2) is 9.73. The van der Waals surface area contributed by atoms with E-state index in [1.165, 1.54) is 12.1 Å². The first-order valence-electron chi connectivity index (χ1n) is 10.9. The Morgan fingerprint density at radius 1 is 1.26 bits per heavy atom. The first-order chi connectivity index (χ1) is 16.3. The number of para-hydroxylation sites is 2. The zero-order chi connectivity index (χ0) is 24.4. The normalized spacial score (nSPS) is 16.4. The second-order valence-corrected chi connectivity index (χ2v) is 9.50. The molecular weight excluding hydrogens is 460 g/mol. The van der Waals surface area contributed by atoms with Crippen molar-refractivity contribution in [3.8, 4) is 6.07 Å². The van der Waals surface area contributed by atoms with Crippen molar-refractivity contribution >= 4 is 40.1 Å². The molecule has 34 heavy (non-hydrogen) atoms. The maximum Gasteiger partial charge on any atom is 0.272 e. The van der Waals surface area contributed by atoms with Crippen LogP contribution in [0, 0.1) is 17.2 Å². The number of imidazole rings is 1. The average molecular weight is 484 g/mol. The van der Waals surface area contributed by atoms with E-state index in [4.69, 9.17) is 0 Å². The summed E-state index contributed by atoms with van der Waals surface area (Å²) in [6.45, 7) is 4.63. The molecule has 2 amide bonds. The smallest absolute Gasteiger partial charge is 0.272 e. The van der Waals surface area contributed by atoms with Crippen molar-refractivity contribution in [2.24, 2.45) is 5.92 Å². The SMILES string of the molecule is CC(C)C=C(C#N)C(=O)N1CCC(n2c(NC(=O)c3ccc(C(F)F)s3)nc3ccccc32)C1. The first-order valence-corrected chi connectivity index (χ1v) is 11.7. The van der Waals surface area contributed by atoms with E-state index in [2.05, 4.69) is 10.3 Å². The van der Waals surface area contributed by atoms with E-state index < -0.39 is 12.3 Å². The standard InChI is InChI=1S/C24H23F2N5O2S/c1-14(2)11-15(12-27)23(33)30-10-9-16(13-30)31-18-6-4-3-5-17(18)28-24(31)29-22(32)20-8-7-19(34-20)21(25)26/h3-8,11,14,16,21H,9-10,13H2,1-2H3,(H,28,29,32). The van der Waals surface area contributed by atoms with E-state index in [1.807, 2.05) is 48.7 Å². The van der Waals surface area contributed by atoms with E-state index >= 15 is 0 Å². The van der Waals surface area contributed by atoms with Gasteiger partial charge in [-0.2, -0.15) is 5.26 Å². The van der Waals surface area contributed by atoms with Gasteiger partial charge in [-0.15, -0.1) is 11.3 Å². The molecule has 1 atom stereocenters. The molecule has 3 heterocycles. The topological polar surface area (TPSA) is 91.0 Å². The number of amides is 2. The number of rotatable bonds is 6. The van der Waals surface area contributed by atoms with Crippen LogP contribution in [0.5, 0.6) is 0 Å². The molecule has 0 spiro atoms. The number of hydrogen-bond donors (Lipinski definition) is 1. The Morgan fingerprint density at radius 3 is 2.71 bits per heavy atom. The molecule has 1 aromatic carbocycles. The van der Waals surface area contributed by atoms with Gasteiger partial charge in [0, 0.05) is 13.1 Å². The van der Waals surface area contributed by atoms with Crippen LogP contribution in [0.3, 0.4) is 0 Å². The van der Waals surface area contributed by atoms with Crippen LogP contribution in [0.2, 0.25) is 0 Å². The number of alkyl halides is 2. The minimum Gasteiger partial charge on any atom is -0.336 e. The van der Waals surface area contributed by atoms with Gasteiger partial charge in [0.1, 0.15) is 11.6 Å². The fourth-order valence-corrected chi connectivity index (χ4v) is 4.81. The van der Waals surface area contributed by atoms with Gasteiger partial charge < -0.3 is 9.47 Å². The molecule has 1 aliphatic heterocycles. The van der Waals surface area contributed by atoms with Crippen molar-refractivity contribution in [1.29, 1.82) is 5.26 Å². The molecule has 0 aliphatic carbocycles. The highest BCUT2D eigenvalue weighted by atomic mass is 32.1. The van der Waals surface area contributed by atoms with E-state index in [0.29, 0.717) is 25.0 Å². The number of nitriles is 1. The van der Waals surface area contributed by atoms with Crippen LogP contribution < -0.4 is 5.32 Å². The number of likely N-dealkylation sites (tertiary alicyclic amines) is 1. The van der Waals surface area contributed by atoms with Crippen LogP contribution in [0.25, 0.3) is 11.0 Å². The monoisotopic (exact) mass is 483 g/mol. The average Bonchev–Trinajstić information content (AvgIpc) is 3.54. The van der Waals surface area contributed by atoms with Crippen LogP contribution in [0.4, 0.5) is 14.7 Å². The Bertz CT molecular complexity index is 1300. The Morgan fingerprint density at radius 2 is 2.03 bits per heavy atom. The van der Waals surface area contributed by atoms with E-state index in [-0.39, 0.29) is 39.1 Å². The summed E-state index contributed by atoms with van der Waals surface area (Å²) in [5.74, 6) is -0.479. The molecule has 10 heteroatoms. The summed E-state index contributed by atoms with van der Waals surface area (Å²) in [6.07, 6.45) is -0.367. The molecule has 1 unspecified atom stereocenters. The third-order valence-corrected chi connectivity index (χ3v) is 6.64. The van der Waals surface area contributed by atoms with Crippen molar-refractivity contribution in [3.05, 3.63) is 57.8 Å². The van der Waals surface area contributed by atoms with Gasteiger partial charge in [0.05, 0.1) is 26.8 Å². The largest absolute Gasteiger partial charge is 0.336 e. The minimum atomic E-state index is -2.64. The molecule has 1 fully saturated rings. The van der Waals surface area contributed by atoms with Gasteiger partial charge in [-0.3, -0.25) is 14.9 Å². The Balaban J connectivity index is 1.61. The summed E-state index contributed by atoms with van der Waals surface area (Å²) < 4.78 is 27.8. The zero-order valence-corrected chi connectivity index (χ0v) is 19.5. The van der Waals surface area contributed by atoms with Crippen LogP contribution in [-0.4, -0.2) is 39.4 Å². The molecule has 4 rings (SSSR count). The molecule has 0 bridgehead atoms. The Kier molecular flexibility index (Phi) is 6.75. The van der Waals surface area contributed by atoms with Crippen LogP contribution in [0.1, 0.15) is 47.3 Å². The lowest BCUT2D eigenvalue weighted by Crippen LogP contribution is -2.30. The van der Waals surface area contributed by atoms with Gasteiger partial charge in [-0.05, 0) is 36.6 Å². The zero-order valence-electron chi connectivity index (χ0n) is 18.7. The van der Waals surface area contributed by atoms with Crippen molar-refractivity contribution in [1.82, 2.24) is 14.5 Å². The van der Waals surface area contributed by atoms with Gasteiger partial charge in [0.15, 0.2) is 0 Å². The quantitative estimate of drug-likeness (QED) is 0.387. The Hall–Kier alpha value is -3.58. The van der Waals surface area contributed by atoms with Gasteiger partial charge in [0.2, 0.25) is 5.95 Å². The highest BCUT2D eigenvalue weighted by Crippen LogP contribution is 2.32. The lowest BCUT2D eigenvalue weighted by molar-refractivity contribution is -0.125. The van der Waals surface area contributed by atoms with Crippen molar-refractivity contribution < 1.29 is 18.4 Å². The molecule has 0 saturated carbocycles. The number of fused-ring (bicyclic) bond motifs is 1. The van der Waals surface area contributed by atoms with Gasteiger partial charge >= 0.3 is 0 Å². The lowest BCUT2D eigenvalue weighted by atomic mass is 10.1. The molecule has 1 N–H and O–H groups in total. The third-order valence-electron chi connectivity index (χ3n) is 5.55. The maximum atomic E-state index is 12.9. The van der Waals surface area contributed by atoms with Gasteiger partial charge in [-0.1, -0.05) is 32.1 Å². The van der Waals surface area contributed by atoms with Crippen molar-refractivity contribution in [2.75, 3.05) is 18.4 Å². The van der Waals surface area contributed by atoms with Crippen molar-refractivity contribution in [2.45, 2.75) is 32.7 Å². The summed E-state index contributed by atoms with van der Waals surface area (Å²) in [6, 6.07) is 11.8. The van der Waals surface area contributed by atoms with Crippen LogP contribution in [0.15, 0.2) is 48.0 Å². The first kappa shape index (κ1) is 23.6. The fourth-order valence-electron chi connectivity index (χ4n) is 4.05. The number of anilines is 1. The van der Waals surface area contributed by atoms with E-state index in [9.17, 15) is 23.6 Å². The summed E-state index contributed by atoms with van der Waals surface area (Å²) >= 11 is 0.739. The number of aromatic nitrogens is 2. The molecule has 2 aromatic heterocycles. The lowest BCUT2D eigenvalue weighted by Gasteiger charge is -2.19. The van der Waals surface area contributed by atoms with Crippen LogP contribution >= 0.6 is 11.3 Å². The number of nitrogens with one attached hydrogen (secondary N) is 1. The maximum absolute atomic E-state index is 12.9. The number of carbonyl (C=O) groups is 2. The summed E-state index contributed by atoms with van der Waals surface area (Å²) in [4.78, 5) is 31.8. The number of carbonyl (C=O) groups excluding carboxylic acids is 2. The van der Waals surface area contributed by atoms with Crippen LogP contribution in [-0.2, 0) is 4.79 Å². The van der Waals surface area contributed by atoms with Gasteiger partial charge in [0.25, 0.3) is 18.2 Å². The molecule has 7 nitrogen and oxygen atoms in total. The number of halogens is 2. The molecule has 0 radical (unpaired) electrons. The number of thiophene rings is 1. The predicted octanol–water partition coefficient (Wildman–Crippen LogP) is 5.17. The highest BCUT2D eigenvalue weighted by molar-refractivity contribution is 7.14. The summed E-state index contributed by atoms with van der Waals surface area (Å²) in [7, 11) is 0. The number of hydrogen-bond acceptors (Lipinski definition) is 5. The van der Waals surface area contributed by atoms with E-state index in [0.717, 1.165) is 16.9 Å². The number of nitrogens with zero attached hydrogens (tertiary/aromatic N) is 4. The third kappa shape index (κ3) is 4.70. The second-order valence-electron chi connectivity index (χ2n) is 8.38. The van der Waals surface area contributed by atoms with Gasteiger partial charge in [-0.25, -0.2) is 13.8 Å². The number of benzene rings is 1. The molecule has 1 saturated heterocycles. The minimum absolute atomic E-state index is 0.0687. The fraction of sp³-hybridized carbons (Fsp3) is 0.333. The molecule has 176 valence electrons. The van der Waals surface area contributed by atoms with Crippen molar-refractivity contribution in [3.63, 3.8) is 0 Å². The summed E-state index contributed by atoms with van der Waals surface area (Å²) in [5.41, 5.74) is 1.57. The highest BCUT2D eigenvalue weighted by Gasteiger charge is 2.32. The summed E-state index contributed by atoms with van der Waals surface area (Å²) in [5, 5.41) is 12.2. The predicted molar refractivity (Wildman–Crippen MR) is 126 cm³/mol.